The van der Waals surface area contributed by atoms with Crippen LogP contribution in [0.25, 0.3) is 0 Å². The van der Waals surface area contributed by atoms with Gasteiger partial charge in [0.05, 0.1) is 0 Å². The maximum absolute atomic E-state index is 2.44. The molecule has 0 heteroatoms. The van der Waals surface area contributed by atoms with Gasteiger partial charge in [0.1, 0.15) is 0 Å². The van der Waals surface area contributed by atoms with E-state index in [-0.39, 0.29) is 0 Å². The van der Waals surface area contributed by atoms with Crippen LogP contribution in [0.15, 0.2) is 24.3 Å². The Morgan fingerprint density at radius 3 is 0.818 bits per heavy atom. The van der Waals surface area contributed by atoms with Crippen LogP contribution in [0.5, 0.6) is 0 Å². The number of unbranched alkanes of at least 4 members (excludes halogenated alkanes) is 25. The summed E-state index contributed by atoms with van der Waals surface area (Å²) >= 11 is 0. The third kappa shape index (κ3) is 31.5. The second-order valence-corrected chi connectivity index (χ2v) is 10.5. The summed E-state index contributed by atoms with van der Waals surface area (Å²) in [5.41, 5.74) is 0. The first-order chi connectivity index (χ1) is 16.4. The van der Waals surface area contributed by atoms with E-state index >= 15 is 0 Å². The molecule has 0 spiro atoms. The Morgan fingerprint density at radius 2 is 0.545 bits per heavy atom. The quantitative estimate of drug-likeness (QED) is 0.0804. The summed E-state index contributed by atoms with van der Waals surface area (Å²) in [7, 11) is 0. The van der Waals surface area contributed by atoms with Gasteiger partial charge in [-0.2, -0.15) is 0 Å². The molecule has 0 radical (unpaired) electrons. The molecule has 0 amide bonds. The van der Waals surface area contributed by atoms with Crippen LogP contribution in [0, 0.1) is 0 Å². The molecule has 0 aromatic rings. The van der Waals surface area contributed by atoms with Crippen LogP contribution in [0.3, 0.4) is 0 Å². The molecule has 0 aliphatic heterocycles. The van der Waals surface area contributed by atoms with E-state index in [1.807, 2.05) is 0 Å². The second-order valence-electron chi connectivity index (χ2n) is 10.5. The molecule has 0 aliphatic rings. The number of allylic oxidation sites excluding steroid dienone is 4. The highest BCUT2D eigenvalue weighted by Crippen LogP contribution is 2.15. The molecule has 33 heavy (non-hydrogen) atoms. The van der Waals surface area contributed by atoms with Crippen molar-refractivity contribution in [3.63, 3.8) is 0 Å². The highest BCUT2D eigenvalue weighted by Gasteiger charge is 1.95. The van der Waals surface area contributed by atoms with Crippen LogP contribution >= 0.6 is 0 Å². The van der Waals surface area contributed by atoms with Crippen molar-refractivity contribution >= 4 is 0 Å². The molecule has 0 aliphatic carbocycles. The minimum absolute atomic E-state index is 1.29. The van der Waals surface area contributed by atoms with Crippen LogP contribution in [-0.4, -0.2) is 0 Å². The minimum Gasteiger partial charge on any atom is -0.0917 e. The van der Waals surface area contributed by atoms with Gasteiger partial charge in [-0.25, -0.2) is 0 Å². The number of hydrogen-bond donors (Lipinski definition) is 0. The van der Waals surface area contributed by atoms with Gasteiger partial charge in [-0.1, -0.05) is 166 Å². The lowest BCUT2D eigenvalue weighted by Gasteiger charge is -2.04. The summed E-state index contributed by atoms with van der Waals surface area (Å²) in [6.07, 6.45) is 48.1. The monoisotopic (exact) mass is 461 g/mol. The van der Waals surface area contributed by atoms with Gasteiger partial charge >= 0.3 is 0 Å². The van der Waals surface area contributed by atoms with Crippen molar-refractivity contribution in [1.82, 2.24) is 0 Å². The summed E-state index contributed by atoms with van der Waals surface area (Å²) in [4.78, 5) is 0. The fourth-order valence-corrected chi connectivity index (χ4v) is 4.80. The summed E-state index contributed by atoms with van der Waals surface area (Å²) in [5.74, 6) is 0. The zero-order chi connectivity index (χ0) is 23.9. The lowest BCUT2D eigenvalue weighted by atomic mass is 10.0. The van der Waals surface area contributed by atoms with Crippen LogP contribution in [0.2, 0.25) is 0 Å². The first kappa shape index (κ1) is 32.5. The average molecular weight is 461 g/mol. The summed E-state index contributed by atoms with van der Waals surface area (Å²) in [6.45, 7) is 4.42. The van der Waals surface area contributed by atoms with Crippen molar-refractivity contribution < 1.29 is 0 Å². The standard InChI is InChI=1S/C33H64/c1-3-5-7-9-11-13-15-17-19-21-23-25-27-29-31-33-32-30-28-26-24-22-20-18-16-14-12-10-8-6-4-2/h3,5,18,20H,4,6-17,19,21-33H2,1-2H3/b5-3+,20-18+. The van der Waals surface area contributed by atoms with E-state index in [1.165, 1.54) is 173 Å². The van der Waals surface area contributed by atoms with Crippen LogP contribution < -0.4 is 0 Å². The first-order valence-electron chi connectivity index (χ1n) is 15.7. The van der Waals surface area contributed by atoms with E-state index in [0.717, 1.165) is 0 Å². The van der Waals surface area contributed by atoms with E-state index in [9.17, 15) is 0 Å². The molecule has 0 atom stereocenters. The van der Waals surface area contributed by atoms with Gasteiger partial charge in [-0.15, -0.1) is 0 Å². The number of hydrogen-bond acceptors (Lipinski definition) is 0. The van der Waals surface area contributed by atoms with E-state index in [4.69, 9.17) is 0 Å². The minimum atomic E-state index is 1.29. The molecule has 0 saturated heterocycles. The normalized spacial score (nSPS) is 11.9. The molecule has 0 N–H and O–H groups in total. The van der Waals surface area contributed by atoms with Crippen molar-refractivity contribution in [2.24, 2.45) is 0 Å². The van der Waals surface area contributed by atoms with Crippen molar-refractivity contribution in [3.8, 4) is 0 Å². The van der Waals surface area contributed by atoms with Gasteiger partial charge in [0.25, 0.3) is 0 Å². The topological polar surface area (TPSA) is 0 Å². The summed E-state index contributed by atoms with van der Waals surface area (Å²) < 4.78 is 0. The highest BCUT2D eigenvalue weighted by molar-refractivity contribution is 4.81. The molecule has 0 rings (SSSR count). The summed E-state index contributed by atoms with van der Waals surface area (Å²) in [5, 5.41) is 0. The van der Waals surface area contributed by atoms with Crippen LogP contribution in [0.1, 0.15) is 187 Å². The predicted octanol–water partition coefficient (Wildman–Crippen LogP) is 12.7. The van der Waals surface area contributed by atoms with E-state index in [2.05, 4.69) is 38.2 Å². The van der Waals surface area contributed by atoms with Crippen LogP contribution in [0.4, 0.5) is 0 Å². The molecule has 0 heterocycles. The molecule has 0 aromatic carbocycles. The molecular formula is C33H64. The van der Waals surface area contributed by atoms with Gasteiger partial charge in [0, 0.05) is 0 Å². The molecule has 0 aromatic heterocycles. The Morgan fingerprint density at radius 1 is 0.303 bits per heavy atom. The molecule has 0 bridgehead atoms. The van der Waals surface area contributed by atoms with Gasteiger partial charge < -0.3 is 0 Å². The smallest absolute Gasteiger partial charge is 0.0351 e. The van der Waals surface area contributed by atoms with E-state index < -0.39 is 0 Å². The third-order valence-corrected chi connectivity index (χ3v) is 7.12. The van der Waals surface area contributed by atoms with E-state index in [1.54, 1.807) is 0 Å². The Hall–Kier alpha value is -0.520. The maximum atomic E-state index is 2.44. The third-order valence-electron chi connectivity index (χ3n) is 7.12. The SMILES string of the molecule is C/C=C/CCCCCCCCCCCCCCCCCCCC/C=C/CCCCCCCC. The predicted molar refractivity (Wildman–Crippen MR) is 154 cm³/mol. The fraction of sp³-hybridized carbons (Fsp3) is 0.879. The Balaban J connectivity index is 3.05. The van der Waals surface area contributed by atoms with Crippen LogP contribution in [-0.2, 0) is 0 Å². The molecule has 0 unspecified atom stereocenters. The Kier molecular flexibility index (Phi) is 31.0. The highest BCUT2D eigenvalue weighted by atomic mass is 14.0. The fourth-order valence-electron chi connectivity index (χ4n) is 4.80. The average Bonchev–Trinajstić information content (AvgIpc) is 2.83. The Bertz CT molecular complexity index is 377. The van der Waals surface area contributed by atoms with Gasteiger partial charge in [-0.3, -0.25) is 0 Å². The maximum Gasteiger partial charge on any atom is -0.0351 e. The van der Waals surface area contributed by atoms with E-state index in [0.29, 0.717) is 0 Å². The van der Waals surface area contributed by atoms with Crippen molar-refractivity contribution in [3.05, 3.63) is 24.3 Å². The van der Waals surface area contributed by atoms with Crippen molar-refractivity contribution in [2.75, 3.05) is 0 Å². The van der Waals surface area contributed by atoms with Gasteiger partial charge in [0.15, 0.2) is 0 Å². The molecule has 0 nitrogen and oxygen atoms in total. The molecule has 0 saturated carbocycles. The zero-order valence-corrected chi connectivity index (χ0v) is 23.4. The van der Waals surface area contributed by atoms with Crippen molar-refractivity contribution in [2.45, 2.75) is 187 Å². The second kappa shape index (κ2) is 31.5. The lowest BCUT2D eigenvalue weighted by molar-refractivity contribution is 0.524. The molecule has 0 fully saturated rings. The largest absolute Gasteiger partial charge is 0.0917 e. The summed E-state index contributed by atoms with van der Waals surface area (Å²) in [6, 6.07) is 0. The molecular weight excluding hydrogens is 396 g/mol. The Labute approximate surface area is 211 Å². The lowest BCUT2D eigenvalue weighted by Crippen LogP contribution is -1.84. The van der Waals surface area contributed by atoms with Crippen molar-refractivity contribution in [1.29, 1.82) is 0 Å². The number of rotatable bonds is 28. The van der Waals surface area contributed by atoms with Gasteiger partial charge in [-0.05, 0) is 45.4 Å². The molecule has 196 valence electrons. The zero-order valence-electron chi connectivity index (χ0n) is 23.4. The first-order valence-corrected chi connectivity index (χ1v) is 15.7. The van der Waals surface area contributed by atoms with Gasteiger partial charge in [0.2, 0.25) is 0 Å².